The van der Waals surface area contributed by atoms with Crippen molar-refractivity contribution < 1.29 is 14.2 Å². The van der Waals surface area contributed by atoms with Gasteiger partial charge in [0, 0.05) is 31.9 Å². The molecule has 0 unspecified atom stereocenters. The lowest BCUT2D eigenvalue weighted by Gasteiger charge is -2.09. The highest BCUT2D eigenvalue weighted by Crippen LogP contribution is 2.41. The fourth-order valence-corrected chi connectivity index (χ4v) is 2.20. The molecule has 0 amide bonds. The Morgan fingerprint density at radius 1 is 1.30 bits per heavy atom. The van der Waals surface area contributed by atoms with Crippen LogP contribution < -0.4 is 19.5 Å². The van der Waals surface area contributed by atoms with Crippen LogP contribution in [0.4, 0.5) is 0 Å². The maximum absolute atomic E-state index is 5.41. The Morgan fingerprint density at radius 2 is 2.15 bits per heavy atom. The first-order valence-electron chi connectivity index (χ1n) is 6.41. The number of hydrogen-bond donors (Lipinski definition) is 1. The van der Waals surface area contributed by atoms with E-state index in [1.807, 2.05) is 31.6 Å². The largest absolute Gasteiger partial charge is 0.493 e. The molecule has 0 fully saturated rings. The number of nitrogens with one attached hydrogen (secondary N) is 1. The van der Waals surface area contributed by atoms with Gasteiger partial charge in [-0.25, -0.2) is 0 Å². The van der Waals surface area contributed by atoms with E-state index in [9.17, 15) is 0 Å². The van der Waals surface area contributed by atoms with Gasteiger partial charge in [0.2, 0.25) is 12.5 Å². The predicted molar refractivity (Wildman–Crippen MR) is 72.9 cm³/mol. The zero-order valence-corrected chi connectivity index (χ0v) is 11.5. The SMILES string of the molecule is COc1cc(CNCc2cnn(C)c2)cc2c1OCO2. The van der Waals surface area contributed by atoms with Crippen molar-refractivity contribution in [3.63, 3.8) is 0 Å². The van der Waals surface area contributed by atoms with E-state index in [0.717, 1.165) is 30.0 Å². The molecule has 1 N–H and O–H groups in total. The average Bonchev–Trinajstić information content (AvgIpc) is 3.06. The van der Waals surface area contributed by atoms with Crippen LogP contribution in [0.5, 0.6) is 17.2 Å². The van der Waals surface area contributed by atoms with Gasteiger partial charge >= 0.3 is 0 Å². The van der Waals surface area contributed by atoms with Crippen molar-refractivity contribution in [3.8, 4) is 17.2 Å². The molecule has 3 rings (SSSR count). The first kappa shape index (κ1) is 12.8. The molecule has 0 spiro atoms. The summed E-state index contributed by atoms with van der Waals surface area (Å²) in [5.41, 5.74) is 2.25. The summed E-state index contributed by atoms with van der Waals surface area (Å²) in [6.45, 7) is 1.74. The number of aryl methyl sites for hydroxylation is 1. The molecular formula is C14H17N3O3. The molecule has 106 valence electrons. The zero-order chi connectivity index (χ0) is 13.9. The van der Waals surface area contributed by atoms with Gasteiger partial charge in [-0.05, 0) is 17.7 Å². The van der Waals surface area contributed by atoms with Gasteiger partial charge < -0.3 is 19.5 Å². The normalized spacial score (nSPS) is 12.7. The number of hydrogen-bond acceptors (Lipinski definition) is 5. The van der Waals surface area contributed by atoms with E-state index >= 15 is 0 Å². The van der Waals surface area contributed by atoms with Crippen LogP contribution in [-0.2, 0) is 20.1 Å². The summed E-state index contributed by atoms with van der Waals surface area (Å²) in [6, 6.07) is 3.94. The summed E-state index contributed by atoms with van der Waals surface area (Å²) >= 11 is 0. The highest BCUT2D eigenvalue weighted by Gasteiger charge is 2.19. The number of aromatic nitrogens is 2. The predicted octanol–water partition coefficient (Wildman–Crippen LogP) is 1.45. The summed E-state index contributed by atoms with van der Waals surface area (Å²) < 4.78 is 17.9. The van der Waals surface area contributed by atoms with Gasteiger partial charge in [-0.1, -0.05) is 0 Å². The standard InChI is InChI=1S/C14H17N3O3/c1-17-8-11(7-16-17)6-15-5-10-3-12(18-2)14-13(4-10)19-9-20-14/h3-4,7-8,15H,5-6,9H2,1-2H3. The van der Waals surface area contributed by atoms with Gasteiger partial charge in [-0.3, -0.25) is 4.68 Å². The Bertz CT molecular complexity index is 610. The number of nitrogens with zero attached hydrogens (tertiary/aromatic N) is 2. The summed E-state index contributed by atoms with van der Waals surface area (Å²) in [6.07, 6.45) is 3.85. The Balaban J connectivity index is 1.65. The monoisotopic (exact) mass is 275 g/mol. The van der Waals surface area contributed by atoms with E-state index < -0.39 is 0 Å². The average molecular weight is 275 g/mol. The molecule has 0 aliphatic carbocycles. The molecule has 1 aromatic heterocycles. The van der Waals surface area contributed by atoms with Crippen molar-refractivity contribution in [2.75, 3.05) is 13.9 Å². The minimum Gasteiger partial charge on any atom is -0.493 e. The molecule has 0 saturated carbocycles. The van der Waals surface area contributed by atoms with Gasteiger partial charge in [-0.15, -0.1) is 0 Å². The molecule has 0 saturated heterocycles. The molecule has 0 atom stereocenters. The third-order valence-corrected chi connectivity index (χ3v) is 3.13. The number of rotatable bonds is 5. The molecule has 1 aromatic carbocycles. The number of fused-ring (bicyclic) bond motifs is 1. The van der Waals surface area contributed by atoms with Gasteiger partial charge in [0.1, 0.15) is 0 Å². The first-order valence-corrected chi connectivity index (χ1v) is 6.41. The second-order valence-electron chi connectivity index (χ2n) is 4.66. The topological polar surface area (TPSA) is 57.5 Å². The second kappa shape index (κ2) is 5.42. The Morgan fingerprint density at radius 3 is 2.90 bits per heavy atom. The Labute approximate surface area is 117 Å². The minimum atomic E-state index is 0.248. The van der Waals surface area contributed by atoms with E-state index in [-0.39, 0.29) is 6.79 Å². The van der Waals surface area contributed by atoms with Crippen LogP contribution >= 0.6 is 0 Å². The van der Waals surface area contributed by atoms with Crippen molar-refractivity contribution in [2.45, 2.75) is 13.1 Å². The van der Waals surface area contributed by atoms with Crippen molar-refractivity contribution in [3.05, 3.63) is 35.7 Å². The summed E-state index contributed by atoms with van der Waals surface area (Å²) in [5, 5.41) is 7.51. The van der Waals surface area contributed by atoms with Crippen LogP contribution in [0.2, 0.25) is 0 Å². The van der Waals surface area contributed by atoms with Gasteiger partial charge in [0.05, 0.1) is 13.3 Å². The lowest BCUT2D eigenvalue weighted by atomic mass is 10.2. The Kier molecular flexibility index (Phi) is 3.47. The van der Waals surface area contributed by atoms with Gasteiger partial charge in [0.25, 0.3) is 0 Å². The number of benzene rings is 1. The van der Waals surface area contributed by atoms with Crippen molar-refractivity contribution in [1.29, 1.82) is 0 Å². The lowest BCUT2D eigenvalue weighted by Crippen LogP contribution is -2.12. The summed E-state index contributed by atoms with van der Waals surface area (Å²) in [4.78, 5) is 0. The van der Waals surface area contributed by atoms with Gasteiger partial charge in [-0.2, -0.15) is 5.10 Å². The van der Waals surface area contributed by atoms with E-state index in [4.69, 9.17) is 14.2 Å². The highest BCUT2D eigenvalue weighted by molar-refractivity contribution is 5.55. The molecule has 20 heavy (non-hydrogen) atoms. The maximum Gasteiger partial charge on any atom is 0.231 e. The fraction of sp³-hybridized carbons (Fsp3) is 0.357. The third kappa shape index (κ3) is 2.55. The van der Waals surface area contributed by atoms with E-state index in [1.54, 1.807) is 11.8 Å². The zero-order valence-electron chi connectivity index (χ0n) is 11.5. The van der Waals surface area contributed by atoms with E-state index in [0.29, 0.717) is 11.5 Å². The molecule has 1 aliphatic rings. The summed E-state index contributed by atoms with van der Waals surface area (Å²) in [7, 11) is 3.54. The first-order chi connectivity index (χ1) is 9.76. The number of ether oxygens (including phenoxy) is 3. The second-order valence-corrected chi connectivity index (χ2v) is 4.66. The van der Waals surface area contributed by atoms with E-state index in [1.165, 1.54) is 0 Å². The molecule has 6 nitrogen and oxygen atoms in total. The van der Waals surface area contributed by atoms with Crippen molar-refractivity contribution >= 4 is 0 Å². The minimum absolute atomic E-state index is 0.248. The molecule has 6 heteroatoms. The van der Waals surface area contributed by atoms with Crippen molar-refractivity contribution in [2.24, 2.45) is 7.05 Å². The van der Waals surface area contributed by atoms with Crippen LogP contribution in [0.25, 0.3) is 0 Å². The smallest absolute Gasteiger partial charge is 0.231 e. The van der Waals surface area contributed by atoms with Crippen LogP contribution in [0.15, 0.2) is 24.5 Å². The van der Waals surface area contributed by atoms with Crippen LogP contribution in [0.1, 0.15) is 11.1 Å². The molecule has 2 aromatic rings. The third-order valence-electron chi connectivity index (χ3n) is 3.13. The molecule has 0 radical (unpaired) electrons. The van der Waals surface area contributed by atoms with Gasteiger partial charge in [0.15, 0.2) is 11.5 Å². The quantitative estimate of drug-likeness (QED) is 0.895. The molecule has 2 heterocycles. The molecule has 1 aliphatic heterocycles. The van der Waals surface area contributed by atoms with Crippen LogP contribution in [-0.4, -0.2) is 23.7 Å². The van der Waals surface area contributed by atoms with E-state index in [2.05, 4.69) is 10.4 Å². The fourth-order valence-electron chi connectivity index (χ4n) is 2.20. The highest BCUT2D eigenvalue weighted by atomic mass is 16.7. The van der Waals surface area contributed by atoms with Crippen LogP contribution in [0.3, 0.4) is 0 Å². The molecular weight excluding hydrogens is 258 g/mol. The Hall–Kier alpha value is -2.21. The van der Waals surface area contributed by atoms with Crippen LogP contribution in [0, 0.1) is 0 Å². The molecule has 0 bridgehead atoms. The number of methoxy groups -OCH3 is 1. The maximum atomic E-state index is 5.41. The lowest BCUT2D eigenvalue weighted by molar-refractivity contribution is 0.171. The summed E-state index contributed by atoms with van der Waals surface area (Å²) in [5.74, 6) is 2.13. The van der Waals surface area contributed by atoms with Crippen molar-refractivity contribution in [1.82, 2.24) is 15.1 Å².